The van der Waals surface area contributed by atoms with E-state index in [0.717, 1.165) is 19.3 Å². The zero-order valence-electron chi connectivity index (χ0n) is 11.3. The molecule has 0 radical (unpaired) electrons. The summed E-state index contributed by atoms with van der Waals surface area (Å²) < 4.78 is 5.12. The van der Waals surface area contributed by atoms with Crippen molar-refractivity contribution >= 4 is 5.97 Å². The highest BCUT2D eigenvalue weighted by Gasteiger charge is 2.57. The number of carbonyl (C=O) groups excluding carboxylic acids is 1. The molecule has 2 atom stereocenters. The van der Waals surface area contributed by atoms with E-state index in [0.29, 0.717) is 6.61 Å². The van der Waals surface area contributed by atoms with Crippen LogP contribution in [-0.2, 0) is 9.53 Å². The van der Waals surface area contributed by atoms with Gasteiger partial charge >= 0.3 is 5.97 Å². The van der Waals surface area contributed by atoms with Crippen molar-refractivity contribution in [3.63, 3.8) is 0 Å². The molecule has 1 rings (SSSR count). The van der Waals surface area contributed by atoms with Crippen molar-refractivity contribution in [1.82, 2.24) is 0 Å². The van der Waals surface area contributed by atoms with Crippen LogP contribution in [0.25, 0.3) is 0 Å². The van der Waals surface area contributed by atoms with Crippen molar-refractivity contribution in [3.8, 4) is 0 Å². The standard InChI is InChI=1S/C15H26O2/c1-4-7-8-9-11-15(10-5-2)12-13(15)14(16)17-6-3/h5,13H,2,4,6-12H2,1,3H3/t13-,15+/m1/s1. The third-order valence-corrected chi connectivity index (χ3v) is 3.84. The number of hydrogen-bond acceptors (Lipinski definition) is 2. The largest absolute Gasteiger partial charge is 0.466 e. The Morgan fingerprint density at radius 3 is 2.76 bits per heavy atom. The van der Waals surface area contributed by atoms with Gasteiger partial charge in [-0.3, -0.25) is 4.79 Å². The van der Waals surface area contributed by atoms with Gasteiger partial charge < -0.3 is 4.74 Å². The molecule has 17 heavy (non-hydrogen) atoms. The lowest BCUT2D eigenvalue weighted by molar-refractivity contribution is -0.145. The number of ether oxygens (including phenoxy) is 1. The van der Waals surface area contributed by atoms with Gasteiger partial charge in [0.1, 0.15) is 0 Å². The molecule has 1 saturated carbocycles. The molecule has 2 heteroatoms. The highest BCUT2D eigenvalue weighted by atomic mass is 16.5. The normalized spacial score (nSPS) is 26.6. The second-order valence-electron chi connectivity index (χ2n) is 5.17. The molecular weight excluding hydrogens is 212 g/mol. The lowest BCUT2D eigenvalue weighted by atomic mass is 9.91. The van der Waals surface area contributed by atoms with Gasteiger partial charge in [-0.15, -0.1) is 6.58 Å². The number of esters is 1. The Morgan fingerprint density at radius 1 is 1.41 bits per heavy atom. The maximum atomic E-state index is 11.7. The Bertz CT molecular complexity index is 260. The molecule has 1 fully saturated rings. The third kappa shape index (κ3) is 3.86. The number of carbonyl (C=O) groups is 1. The molecular formula is C15H26O2. The van der Waals surface area contributed by atoms with E-state index in [1.165, 1.54) is 25.7 Å². The maximum Gasteiger partial charge on any atom is 0.309 e. The van der Waals surface area contributed by atoms with Crippen LogP contribution < -0.4 is 0 Å². The van der Waals surface area contributed by atoms with Crippen LogP contribution in [0.5, 0.6) is 0 Å². The van der Waals surface area contributed by atoms with Gasteiger partial charge in [-0.25, -0.2) is 0 Å². The Morgan fingerprint density at radius 2 is 2.18 bits per heavy atom. The minimum Gasteiger partial charge on any atom is -0.466 e. The first-order chi connectivity index (χ1) is 8.20. The zero-order chi connectivity index (χ0) is 12.7. The molecule has 0 N–H and O–H groups in total. The highest BCUT2D eigenvalue weighted by Crippen LogP contribution is 2.59. The molecule has 2 nitrogen and oxygen atoms in total. The second-order valence-corrected chi connectivity index (χ2v) is 5.17. The molecule has 0 unspecified atom stereocenters. The number of rotatable bonds is 9. The van der Waals surface area contributed by atoms with E-state index in [4.69, 9.17) is 4.74 Å². The maximum absolute atomic E-state index is 11.7. The van der Waals surface area contributed by atoms with E-state index in [9.17, 15) is 4.79 Å². The fourth-order valence-electron chi connectivity index (χ4n) is 2.72. The molecule has 0 aromatic carbocycles. The summed E-state index contributed by atoms with van der Waals surface area (Å²) in [5.41, 5.74) is 0.196. The van der Waals surface area contributed by atoms with Crippen LogP contribution in [0.1, 0.15) is 58.8 Å². The van der Waals surface area contributed by atoms with E-state index in [-0.39, 0.29) is 17.3 Å². The topological polar surface area (TPSA) is 26.3 Å². The number of hydrogen-bond donors (Lipinski definition) is 0. The Balaban J connectivity index is 2.38. The quantitative estimate of drug-likeness (QED) is 0.343. The zero-order valence-corrected chi connectivity index (χ0v) is 11.3. The number of allylic oxidation sites excluding steroid dienone is 1. The van der Waals surface area contributed by atoms with Crippen molar-refractivity contribution < 1.29 is 9.53 Å². The molecule has 1 aliphatic rings. The van der Waals surface area contributed by atoms with Gasteiger partial charge in [0.25, 0.3) is 0 Å². The van der Waals surface area contributed by atoms with Crippen LogP contribution in [-0.4, -0.2) is 12.6 Å². The van der Waals surface area contributed by atoms with E-state index in [1.807, 2.05) is 13.0 Å². The van der Waals surface area contributed by atoms with Crippen LogP contribution in [0.4, 0.5) is 0 Å². The molecule has 0 aliphatic heterocycles. The van der Waals surface area contributed by atoms with Gasteiger partial charge in [-0.2, -0.15) is 0 Å². The summed E-state index contributed by atoms with van der Waals surface area (Å²) in [5.74, 6) is 0.145. The molecule has 0 heterocycles. The van der Waals surface area contributed by atoms with Gasteiger partial charge in [-0.05, 0) is 31.6 Å². The SMILES string of the molecule is C=CC[C@]1(CCCCCC)C[C@@H]1C(=O)OCC. The summed E-state index contributed by atoms with van der Waals surface area (Å²) in [5, 5.41) is 0. The summed E-state index contributed by atoms with van der Waals surface area (Å²) in [6.07, 6.45) is 10.2. The predicted octanol–water partition coefficient (Wildman–Crippen LogP) is 4.10. The highest BCUT2D eigenvalue weighted by molar-refractivity contribution is 5.77. The Labute approximate surface area is 105 Å². The number of unbranched alkanes of at least 4 members (excludes halogenated alkanes) is 3. The molecule has 1 aliphatic carbocycles. The van der Waals surface area contributed by atoms with E-state index < -0.39 is 0 Å². The lowest BCUT2D eigenvalue weighted by Gasteiger charge is -2.14. The van der Waals surface area contributed by atoms with Gasteiger partial charge in [0.15, 0.2) is 0 Å². The van der Waals surface area contributed by atoms with Crippen LogP contribution in [0.2, 0.25) is 0 Å². The first kappa shape index (κ1) is 14.3. The monoisotopic (exact) mass is 238 g/mol. The van der Waals surface area contributed by atoms with Crippen LogP contribution in [0.3, 0.4) is 0 Å². The van der Waals surface area contributed by atoms with Gasteiger partial charge in [-0.1, -0.05) is 38.7 Å². The smallest absolute Gasteiger partial charge is 0.309 e. The molecule has 0 amide bonds. The fraction of sp³-hybridized carbons (Fsp3) is 0.800. The Hall–Kier alpha value is -0.790. The molecule has 0 spiro atoms. The van der Waals surface area contributed by atoms with E-state index >= 15 is 0 Å². The van der Waals surface area contributed by atoms with Crippen LogP contribution in [0, 0.1) is 11.3 Å². The van der Waals surface area contributed by atoms with Crippen LogP contribution in [0.15, 0.2) is 12.7 Å². The van der Waals surface area contributed by atoms with E-state index in [2.05, 4.69) is 13.5 Å². The van der Waals surface area contributed by atoms with Gasteiger partial charge in [0.05, 0.1) is 12.5 Å². The van der Waals surface area contributed by atoms with E-state index in [1.54, 1.807) is 0 Å². The summed E-state index contributed by atoms with van der Waals surface area (Å²) in [4.78, 5) is 11.7. The fourth-order valence-corrected chi connectivity index (χ4v) is 2.72. The summed E-state index contributed by atoms with van der Waals surface area (Å²) in [7, 11) is 0. The molecule has 0 saturated heterocycles. The Kier molecular flexibility index (Phi) is 5.73. The molecule has 0 bridgehead atoms. The first-order valence-electron chi connectivity index (χ1n) is 6.97. The third-order valence-electron chi connectivity index (χ3n) is 3.84. The van der Waals surface area contributed by atoms with Crippen molar-refractivity contribution in [2.24, 2.45) is 11.3 Å². The average molecular weight is 238 g/mol. The molecule has 0 aromatic rings. The lowest BCUT2D eigenvalue weighted by Crippen LogP contribution is -2.13. The summed E-state index contributed by atoms with van der Waals surface area (Å²) >= 11 is 0. The predicted molar refractivity (Wildman–Crippen MR) is 70.7 cm³/mol. The minimum absolute atomic E-state index is 0.00448. The van der Waals surface area contributed by atoms with Crippen LogP contribution >= 0.6 is 0 Å². The average Bonchev–Trinajstić information content (AvgIpc) is 3.01. The summed E-state index contributed by atoms with van der Waals surface area (Å²) in [6, 6.07) is 0. The first-order valence-corrected chi connectivity index (χ1v) is 6.97. The molecule has 0 aromatic heterocycles. The van der Waals surface area contributed by atoms with Crippen molar-refractivity contribution in [2.45, 2.75) is 58.8 Å². The second kappa shape index (κ2) is 6.83. The van der Waals surface area contributed by atoms with Gasteiger partial charge in [0.2, 0.25) is 0 Å². The van der Waals surface area contributed by atoms with Crippen molar-refractivity contribution in [2.75, 3.05) is 6.61 Å². The van der Waals surface area contributed by atoms with Crippen molar-refractivity contribution in [3.05, 3.63) is 12.7 Å². The van der Waals surface area contributed by atoms with Crippen molar-refractivity contribution in [1.29, 1.82) is 0 Å². The van der Waals surface area contributed by atoms with Gasteiger partial charge in [0, 0.05) is 0 Å². The minimum atomic E-state index is 0.00448. The summed E-state index contributed by atoms with van der Waals surface area (Å²) in [6.45, 7) is 8.41. The molecule has 98 valence electrons.